The predicted molar refractivity (Wildman–Crippen MR) is 105 cm³/mol. The summed E-state index contributed by atoms with van der Waals surface area (Å²) in [5.74, 6) is 2.53. The number of halogens is 1. The normalized spacial score (nSPS) is 16.7. The summed E-state index contributed by atoms with van der Waals surface area (Å²) in [5.41, 5.74) is 0.467. The van der Waals surface area contributed by atoms with Crippen molar-refractivity contribution in [1.82, 2.24) is 25.4 Å². The molecule has 7 heteroatoms. The molecule has 0 aliphatic heterocycles. The molecule has 1 aliphatic rings. The number of aliphatic imine (C=N–C) groups is 1. The van der Waals surface area contributed by atoms with Gasteiger partial charge in [-0.05, 0) is 37.5 Å². The van der Waals surface area contributed by atoms with Crippen molar-refractivity contribution in [1.29, 1.82) is 0 Å². The lowest BCUT2D eigenvalue weighted by Gasteiger charge is -2.43. The van der Waals surface area contributed by atoms with Crippen molar-refractivity contribution in [2.24, 2.45) is 16.3 Å². The molecule has 0 saturated heterocycles. The lowest BCUT2D eigenvalue weighted by atomic mass is 9.64. The van der Waals surface area contributed by atoms with E-state index in [0.717, 1.165) is 30.8 Å². The van der Waals surface area contributed by atoms with Gasteiger partial charge in [0.05, 0.1) is 6.54 Å². The molecule has 23 heavy (non-hydrogen) atoms. The Morgan fingerprint density at radius 1 is 1.39 bits per heavy atom. The molecule has 0 bridgehead atoms. The summed E-state index contributed by atoms with van der Waals surface area (Å²) >= 11 is 0. The van der Waals surface area contributed by atoms with Crippen molar-refractivity contribution >= 4 is 29.9 Å². The van der Waals surface area contributed by atoms with Gasteiger partial charge in [-0.15, -0.1) is 34.2 Å². The minimum atomic E-state index is 0. The van der Waals surface area contributed by atoms with E-state index in [4.69, 9.17) is 0 Å². The fourth-order valence-corrected chi connectivity index (χ4v) is 3.33. The van der Waals surface area contributed by atoms with E-state index in [-0.39, 0.29) is 24.0 Å². The summed E-state index contributed by atoms with van der Waals surface area (Å²) in [6, 6.07) is 0. The van der Waals surface area contributed by atoms with Crippen molar-refractivity contribution in [3.8, 4) is 0 Å². The molecule has 1 aromatic rings. The highest BCUT2D eigenvalue weighted by atomic mass is 127. The summed E-state index contributed by atoms with van der Waals surface area (Å²) in [7, 11) is 1.82. The van der Waals surface area contributed by atoms with Crippen LogP contribution in [0.4, 0.5) is 0 Å². The fraction of sp³-hybridized carbons (Fsp3) is 0.812. The molecular formula is C16H31IN6. The zero-order chi connectivity index (χ0) is 16.0. The molecule has 1 fully saturated rings. The monoisotopic (exact) mass is 434 g/mol. The minimum Gasteiger partial charge on any atom is -0.356 e. The first-order valence-corrected chi connectivity index (χ1v) is 8.40. The van der Waals surface area contributed by atoms with E-state index in [2.05, 4.69) is 46.6 Å². The van der Waals surface area contributed by atoms with E-state index >= 15 is 0 Å². The summed E-state index contributed by atoms with van der Waals surface area (Å²) < 4.78 is 2.03. The van der Waals surface area contributed by atoms with Crippen molar-refractivity contribution in [3.05, 3.63) is 12.2 Å². The highest BCUT2D eigenvalue weighted by Gasteiger charge is 2.37. The lowest BCUT2D eigenvalue weighted by molar-refractivity contribution is 0.104. The molecular weight excluding hydrogens is 403 g/mol. The predicted octanol–water partition coefficient (Wildman–Crippen LogP) is 2.80. The van der Waals surface area contributed by atoms with E-state index in [9.17, 15) is 0 Å². The molecule has 0 radical (unpaired) electrons. The van der Waals surface area contributed by atoms with Crippen LogP contribution in [0.1, 0.15) is 52.3 Å². The smallest absolute Gasteiger partial charge is 0.191 e. The van der Waals surface area contributed by atoms with Crippen molar-refractivity contribution in [2.45, 2.75) is 59.5 Å². The topological polar surface area (TPSA) is 67.1 Å². The summed E-state index contributed by atoms with van der Waals surface area (Å²) in [6.45, 7) is 9.24. The van der Waals surface area contributed by atoms with Gasteiger partial charge in [0.1, 0.15) is 6.33 Å². The van der Waals surface area contributed by atoms with E-state index in [1.807, 2.05) is 11.6 Å². The maximum Gasteiger partial charge on any atom is 0.191 e. The Hall–Kier alpha value is -0.860. The van der Waals surface area contributed by atoms with Gasteiger partial charge >= 0.3 is 0 Å². The number of hydrogen-bond donors (Lipinski definition) is 2. The van der Waals surface area contributed by atoms with Crippen LogP contribution in [0.25, 0.3) is 0 Å². The molecule has 0 unspecified atom stereocenters. The largest absolute Gasteiger partial charge is 0.356 e. The first kappa shape index (κ1) is 20.2. The van der Waals surface area contributed by atoms with Crippen LogP contribution < -0.4 is 10.6 Å². The summed E-state index contributed by atoms with van der Waals surface area (Å²) in [6.07, 6.45) is 7.08. The first-order valence-electron chi connectivity index (χ1n) is 8.40. The Kier molecular flexibility index (Phi) is 8.28. The van der Waals surface area contributed by atoms with Gasteiger partial charge in [-0.3, -0.25) is 4.99 Å². The third-order valence-electron chi connectivity index (χ3n) is 4.56. The van der Waals surface area contributed by atoms with Gasteiger partial charge in [-0.2, -0.15) is 0 Å². The molecule has 0 amide bonds. The van der Waals surface area contributed by atoms with Crippen LogP contribution in [0, 0.1) is 11.3 Å². The number of aryl methyl sites for hydroxylation is 1. The van der Waals surface area contributed by atoms with Gasteiger partial charge < -0.3 is 15.2 Å². The van der Waals surface area contributed by atoms with Gasteiger partial charge in [0, 0.05) is 20.1 Å². The number of guanidine groups is 1. The average Bonchev–Trinajstić information content (AvgIpc) is 2.91. The van der Waals surface area contributed by atoms with Crippen LogP contribution in [0.3, 0.4) is 0 Å². The molecule has 1 saturated carbocycles. The number of rotatable bonds is 7. The third-order valence-corrected chi connectivity index (χ3v) is 4.56. The van der Waals surface area contributed by atoms with Crippen LogP contribution >= 0.6 is 24.0 Å². The Morgan fingerprint density at radius 2 is 2.13 bits per heavy atom. The van der Waals surface area contributed by atoms with Gasteiger partial charge in [0.15, 0.2) is 11.8 Å². The Morgan fingerprint density at radius 3 is 2.65 bits per heavy atom. The van der Waals surface area contributed by atoms with Crippen LogP contribution in [0.5, 0.6) is 0 Å². The van der Waals surface area contributed by atoms with Crippen molar-refractivity contribution in [2.75, 3.05) is 13.6 Å². The summed E-state index contributed by atoms with van der Waals surface area (Å²) in [4.78, 5) is 4.32. The average molecular weight is 434 g/mol. The van der Waals surface area contributed by atoms with Gasteiger partial charge in [0.25, 0.3) is 0 Å². The SMILES string of the molecule is CCn1cnnc1CNC(=NC)NCC1(CC(C)C)CCC1.I. The van der Waals surface area contributed by atoms with Crippen molar-refractivity contribution < 1.29 is 0 Å². The fourth-order valence-electron chi connectivity index (χ4n) is 3.33. The first-order chi connectivity index (χ1) is 10.6. The number of nitrogens with one attached hydrogen (secondary N) is 2. The molecule has 1 heterocycles. The second kappa shape index (κ2) is 9.44. The number of nitrogens with zero attached hydrogens (tertiary/aromatic N) is 4. The Labute approximate surface area is 157 Å². The van der Waals surface area contributed by atoms with E-state index in [1.165, 1.54) is 25.7 Å². The van der Waals surface area contributed by atoms with Crippen LogP contribution in [-0.2, 0) is 13.1 Å². The number of aromatic nitrogens is 3. The molecule has 132 valence electrons. The molecule has 1 aromatic heterocycles. The highest BCUT2D eigenvalue weighted by molar-refractivity contribution is 14.0. The molecule has 0 aromatic carbocycles. The van der Waals surface area contributed by atoms with Crippen LogP contribution in [-0.4, -0.2) is 34.3 Å². The highest BCUT2D eigenvalue weighted by Crippen LogP contribution is 2.45. The number of hydrogen-bond acceptors (Lipinski definition) is 3. The maximum absolute atomic E-state index is 4.32. The standard InChI is InChI=1S/C16H30N6.HI/c1-5-22-12-20-21-14(22)10-18-15(17-4)19-11-16(7-6-8-16)9-13(2)3;/h12-13H,5-11H2,1-4H3,(H2,17,18,19);1H. The van der Waals surface area contributed by atoms with Gasteiger partial charge in [-0.1, -0.05) is 20.3 Å². The molecule has 0 spiro atoms. The van der Waals surface area contributed by atoms with E-state index in [0.29, 0.717) is 12.0 Å². The zero-order valence-electron chi connectivity index (χ0n) is 14.8. The van der Waals surface area contributed by atoms with Crippen LogP contribution in [0.15, 0.2) is 11.3 Å². The maximum atomic E-state index is 4.32. The quantitative estimate of drug-likeness (QED) is 0.394. The van der Waals surface area contributed by atoms with Crippen LogP contribution in [0.2, 0.25) is 0 Å². The van der Waals surface area contributed by atoms with E-state index in [1.54, 1.807) is 6.33 Å². The zero-order valence-corrected chi connectivity index (χ0v) is 17.1. The van der Waals surface area contributed by atoms with Gasteiger partial charge in [-0.25, -0.2) is 0 Å². The molecule has 2 N–H and O–H groups in total. The Balaban J connectivity index is 0.00000264. The second-order valence-electron chi connectivity index (χ2n) is 6.76. The summed E-state index contributed by atoms with van der Waals surface area (Å²) in [5, 5.41) is 14.9. The minimum absolute atomic E-state index is 0. The molecule has 2 rings (SSSR count). The molecule has 6 nitrogen and oxygen atoms in total. The third kappa shape index (κ3) is 5.61. The Bertz CT molecular complexity index is 493. The molecule has 1 aliphatic carbocycles. The van der Waals surface area contributed by atoms with Gasteiger partial charge in [0.2, 0.25) is 0 Å². The second-order valence-corrected chi connectivity index (χ2v) is 6.76. The lowest BCUT2D eigenvalue weighted by Crippen LogP contribution is -2.47. The molecule has 0 atom stereocenters. The van der Waals surface area contributed by atoms with E-state index < -0.39 is 0 Å². The van der Waals surface area contributed by atoms with Crippen molar-refractivity contribution in [3.63, 3.8) is 0 Å².